The third-order valence-electron chi connectivity index (χ3n) is 13.6. The maximum atomic E-state index is 6.66. The van der Waals surface area contributed by atoms with E-state index in [4.69, 9.17) is 8.83 Å². The number of anilines is 6. The van der Waals surface area contributed by atoms with E-state index in [-0.39, 0.29) is 0 Å². The van der Waals surface area contributed by atoms with Crippen LogP contribution >= 0.6 is 0 Å². The van der Waals surface area contributed by atoms with Crippen LogP contribution in [0.15, 0.2) is 191 Å². The van der Waals surface area contributed by atoms with Crippen molar-refractivity contribution in [3.8, 4) is 22.3 Å². The summed E-state index contributed by atoms with van der Waals surface area (Å²) in [4.78, 5) is 4.79. The molecular formula is C60H42N2O2. The Hall–Kier alpha value is -8.08. The van der Waals surface area contributed by atoms with Gasteiger partial charge in [0, 0.05) is 32.9 Å². The molecule has 2 heterocycles. The Bertz CT molecular complexity index is 3630. The van der Waals surface area contributed by atoms with Crippen molar-refractivity contribution < 1.29 is 8.83 Å². The fraction of sp³-hybridized carbons (Fsp3) is 0.0667. The number of fused-ring (bicyclic) bond motifs is 12. The zero-order valence-electron chi connectivity index (χ0n) is 36.0. The summed E-state index contributed by atoms with van der Waals surface area (Å²) < 4.78 is 13.3. The molecule has 0 atom stereocenters. The molecule has 1 aliphatic carbocycles. The molecule has 10 aromatic carbocycles. The number of hydrogen-bond donors (Lipinski definition) is 0. The largest absolute Gasteiger partial charge is 0.454 e. The van der Waals surface area contributed by atoms with Crippen LogP contribution in [0.5, 0.6) is 0 Å². The Morgan fingerprint density at radius 3 is 1.09 bits per heavy atom. The average Bonchev–Trinajstić information content (AvgIpc) is 3.89. The zero-order valence-corrected chi connectivity index (χ0v) is 36.0. The first-order valence-electron chi connectivity index (χ1n) is 22.1. The molecule has 0 radical (unpaired) electrons. The van der Waals surface area contributed by atoms with Crippen molar-refractivity contribution in [2.75, 3.05) is 9.80 Å². The lowest BCUT2D eigenvalue weighted by Gasteiger charge is -2.30. The summed E-state index contributed by atoms with van der Waals surface area (Å²) in [5.41, 5.74) is 20.1. The third-order valence-corrected chi connectivity index (χ3v) is 13.6. The maximum absolute atomic E-state index is 6.66. The molecule has 12 aromatic rings. The number of aryl methyl sites for hydroxylation is 4. The zero-order chi connectivity index (χ0) is 42.8. The van der Waals surface area contributed by atoms with Gasteiger partial charge >= 0.3 is 0 Å². The average molecular weight is 823 g/mol. The van der Waals surface area contributed by atoms with Crippen molar-refractivity contribution in [2.45, 2.75) is 27.7 Å². The summed E-state index contributed by atoms with van der Waals surface area (Å²) in [7, 11) is 0. The van der Waals surface area contributed by atoms with Gasteiger partial charge in [-0.05, 0) is 167 Å². The van der Waals surface area contributed by atoms with E-state index in [2.05, 4.69) is 207 Å². The van der Waals surface area contributed by atoms with Gasteiger partial charge in [-0.1, -0.05) is 109 Å². The summed E-state index contributed by atoms with van der Waals surface area (Å²) in [6.45, 7) is 8.80. The highest BCUT2D eigenvalue weighted by Gasteiger charge is 2.27. The van der Waals surface area contributed by atoms with Crippen molar-refractivity contribution >= 4 is 99.5 Å². The number of furan rings is 2. The number of rotatable bonds is 6. The Balaban J connectivity index is 0.950. The summed E-state index contributed by atoms with van der Waals surface area (Å²) >= 11 is 0. The molecule has 13 rings (SSSR count). The van der Waals surface area contributed by atoms with Crippen LogP contribution in [0.25, 0.3) is 87.7 Å². The molecule has 0 N–H and O–H groups in total. The van der Waals surface area contributed by atoms with E-state index < -0.39 is 0 Å². The van der Waals surface area contributed by atoms with Crippen molar-refractivity contribution in [1.82, 2.24) is 0 Å². The minimum absolute atomic E-state index is 0.884. The maximum Gasteiger partial charge on any atom is 0.159 e. The second-order valence-electron chi connectivity index (χ2n) is 17.5. The van der Waals surface area contributed by atoms with Gasteiger partial charge in [-0.2, -0.15) is 0 Å². The lowest BCUT2D eigenvalue weighted by Crippen LogP contribution is -2.13. The molecule has 64 heavy (non-hydrogen) atoms. The van der Waals surface area contributed by atoms with Crippen molar-refractivity contribution in [3.05, 3.63) is 204 Å². The second-order valence-corrected chi connectivity index (χ2v) is 17.5. The summed E-state index contributed by atoms with van der Waals surface area (Å²) in [6, 6.07) is 66.0. The van der Waals surface area contributed by atoms with Crippen LogP contribution in [0.1, 0.15) is 22.3 Å². The van der Waals surface area contributed by atoms with Crippen molar-refractivity contribution in [2.24, 2.45) is 0 Å². The predicted octanol–water partition coefficient (Wildman–Crippen LogP) is 17.6. The molecule has 0 aliphatic heterocycles. The van der Waals surface area contributed by atoms with Gasteiger partial charge in [-0.3, -0.25) is 0 Å². The molecule has 304 valence electrons. The Labute approximate surface area is 370 Å². The fourth-order valence-corrected chi connectivity index (χ4v) is 10.6. The minimum Gasteiger partial charge on any atom is -0.454 e. The molecule has 1 aliphatic rings. The number of nitrogens with zero attached hydrogens (tertiary/aromatic N) is 2. The first-order valence-corrected chi connectivity index (χ1v) is 22.1. The monoisotopic (exact) mass is 822 g/mol. The van der Waals surface area contributed by atoms with Gasteiger partial charge in [0.25, 0.3) is 0 Å². The highest BCUT2D eigenvalue weighted by Crippen LogP contribution is 2.53. The number of hydrogen-bond acceptors (Lipinski definition) is 4. The smallest absolute Gasteiger partial charge is 0.159 e. The van der Waals surface area contributed by atoms with E-state index in [1.165, 1.54) is 66.1 Å². The van der Waals surface area contributed by atoms with Crippen LogP contribution in [0, 0.1) is 27.7 Å². The van der Waals surface area contributed by atoms with E-state index in [9.17, 15) is 0 Å². The van der Waals surface area contributed by atoms with E-state index in [0.717, 1.165) is 78.0 Å². The third kappa shape index (κ3) is 5.36. The van der Waals surface area contributed by atoms with Gasteiger partial charge in [-0.25, -0.2) is 0 Å². The predicted molar refractivity (Wildman–Crippen MR) is 269 cm³/mol. The Kier molecular flexibility index (Phi) is 7.83. The number of para-hydroxylation sites is 6. The molecule has 4 heteroatoms. The van der Waals surface area contributed by atoms with Crippen LogP contribution in [0.4, 0.5) is 34.1 Å². The molecule has 0 saturated heterocycles. The van der Waals surface area contributed by atoms with Crippen molar-refractivity contribution in [3.63, 3.8) is 0 Å². The fourth-order valence-electron chi connectivity index (χ4n) is 10.6. The lowest BCUT2D eigenvalue weighted by molar-refractivity contribution is 0.668. The molecule has 0 amide bonds. The molecule has 0 saturated carbocycles. The van der Waals surface area contributed by atoms with Crippen LogP contribution in [-0.4, -0.2) is 0 Å². The lowest BCUT2D eigenvalue weighted by atomic mass is 9.78. The minimum atomic E-state index is 0.884. The number of benzene rings is 10. The van der Waals surface area contributed by atoms with E-state index in [1.807, 2.05) is 12.1 Å². The van der Waals surface area contributed by atoms with Gasteiger partial charge in [0.05, 0.1) is 22.7 Å². The molecular weight excluding hydrogens is 781 g/mol. The molecule has 0 spiro atoms. The van der Waals surface area contributed by atoms with Crippen LogP contribution in [0.3, 0.4) is 0 Å². The topological polar surface area (TPSA) is 32.8 Å². The second kappa shape index (κ2) is 13.7. The quantitative estimate of drug-likeness (QED) is 0.167. The molecule has 4 nitrogen and oxygen atoms in total. The summed E-state index contributed by atoms with van der Waals surface area (Å²) in [6.07, 6.45) is 0. The van der Waals surface area contributed by atoms with Crippen LogP contribution in [0.2, 0.25) is 0 Å². The van der Waals surface area contributed by atoms with Gasteiger partial charge in [0.1, 0.15) is 11.2 Å². The van der Waals surface area contributed by atoms with Crippen molar-refractivity contribution in [1.29, 1.82) is 0 Å². The van der Waals surface area contributed by atoms with Gasteiger partial charge < -0.3 is 18.6 Å². The molecule has 0 bridgehead atoms. The van der Waals surface area contributed by atoms with Gasteiger partial charge in [0.15, 0.2) is 11.2 Å². The van der Waals surface area contributed by atoms with Gasteiger partial charge in [-0.15, -0.1) is 0 Å². The standard InChI is InChI=1S/C60H42N2O2/c1-35-13-9-14-36(2)57(35)61(53-21-11-19-47-45-17-5-7-23-55(45)63-59(47)53)43-27-25-39-31-49-50-32-40-26-28-44(30-42(40)34-52(50)51(49)33-41(39)29-43)62(58-37(3)15-10-16-38(58)4)54-22-12-20-48-46-18-6-8-24-56(46)64-60(48)54/h5-34H,1-4H3. The normalized spacial score (nSPS) is 12.1. The van der Waals surface area contributed by atoms with E-state index in [0.29, 0.717) is 0 Å². The molecule has 0 fully saturated rings. The first-order chi connectivity index (χ1) is 31.4. The highest BCUT2D eigenvalue weighted by atomic mass is 16.3. The SMILES string of the molecule is Cc1cccc(C)c1N(c1ccc2cc3c(cc2c1)-c1cc2cc(N(c4c(C)cccc4C)c4cccc5c4oc4ccccc45)ccc2cc1-3)c1cccc2c1oc1ccccc12. The molecule has 0 unspecified atom stereocenters. The highest BCUT2D eigenvalue weighted by molar-refractivity contribution is 6.15. The Morgan fingerprint density at radius 1 is 0.312 bits per heavy atom. The van der Waals surface area contributed by atoms with Crippen LogP contribution in [-0.2, 0) is 0 Å². The van der Waals surface area contributed by atoms with E-state index >= 15 is 0 Å². The van der Waals surface area contributed by atoms with E-state index in [1.54, 1.807) is 0 Å². The van der Waals surface area contributed by atoms with Crippen LogP contribution < -0.4 is 9.80 Å². The summed E-state index contributed by atoms with van der Waals surface area (Å²) in [5, 5.41) is 9.31. The summed E-state index contributed by atoms with van der Waals surface area (Å²) in [5.74, 6) is 0. The first kappa shape index (κ1) is 36.6. The Morgan fingerprint density at radius 2 is 0.672 bits per heavy atom. The van der Waals surface area contributed by atoms with Gasteiger partial charge in [0.2, 0.25) is 0 Å². The molecule has 2 aromatic heterocycles.